The molecule has 0 bridgehead atoms. The van der Waals surface area contributed by atoms with E-state index in [1.54, 1.807) is 25.3 Å². The number of nitrogens with zero attached hydrogens (tertiary/aromatic N) is 3. The third-order valence-corrected chi connectivity index (χ3v) is 3.79. The zero-order valence-corrected chi connectivity index (χ0v) is 12.1. The number of nitro groups is 2. The molecule has 1 aliphatic rings. The van der Waals surface area contributed by atoms with E-state index in [0.29, 0.717) is 28.0 Å². The van der Waals surface area contributed by atoms with Crippen molar-refractivity contribution >= 4 is 23.2 Å². The number of fused-ring (bicyclic) bond motifs is 3. The Balaban J connectivity index is 2.42. The van der Waals surface area contributed by atoms with Crippen molar-refractivity contribution in [2.75, 3.05) is 7.05 Å². The van der Waals surface area contributed by atoms with Crippen molar-refractivity contribution in [3.8, 4) is 11.1 Å². The van der Waals surface area contributed by atoms with E-state index in [9.17, 15) is 20.2 Å². The summed E-state index contributed by atoms with van der Waals surface area (Å²) >= 11 is 0. The largest absolute Gasteiger partial charge is 0.287 e. The maximum atomic E-state index is 11.4. The van der Waals surface area contributed by atoms with Crippen molar-refractivity contribution in [3.63, 3.8) is 0 Å². The van der Waals surface area contributed by atoms with Crippen LogP contribution in [-0.4, -0.2) is 22.6 Å². The Morgan fingerprint density at radius 1 is 1.04 bits per heavy atom. The number of aliphatic imine (C=N–C) groups is 1. The maximum absolute atomic E-state index is 11.4. The molecule has 0 saturated carbocycles. The molecule has 0 fully saturated rings. The molecule has 0 radical (unpaired) electrons. The molecule has 0 saturated heterocycles. The average Bonchev–Trinajstić information content (AvgIpc) is 2.86. The Morgan fingerprint density at radius 2 is 1.78 bits per heavy atom. The van der Waals surface area contributed by atoms with Crippen LogP contribution in [-0.2, 0) is 0 Å². The first-order chi connectivity index (χ1) is 11.0. The molecule has 0 aliphatic heterocycles. The standard InChI is InChI=1S/C16H11N3O4/c1-3-9-4-5-11-12(6-9)16(17-2)13-7-10(18(20)21)8-14(15(11)13)19(22)23/h3-8H,1H2,2H3. The smallest absolute Gasteiger partial charge is 0.284 e. The van der Waals surface area contributed by atoms with Crippen molar-refractivity contribution in [1.82, 2.24) is 0 Å². The van der Waals surface area contributed by atoms with E-state index in [1.807, 2.05) is 6.07 Å². The Morgan fingerprint density at radius 3 is 2.35 bits per heavy atom. The first-order valence-corrected chi connectivity index (χ1v) is 6.69. The average molecular weight is 309 g/mol. The van der Waals surface area contributed by atoms with Gasteiger partial charge in [0.15, 0.2) is 0 Å². The van der Waals surface area contributed by atoms with E-state index in [2.05, 4.69) is 11.6 Å². The summed E-state index contributed by atoms with van der Waals surface area (Å²) in [5.74, 6) is 0. The van der Waals surface area contributed by atoms with Gasteiger partial charge in [0.1, 0.15) is 0 Å². The first-order valence-electron chi connectivity index (χ1n) is 6.69. The quantitative estimate of drug-likeness (QED) is 0.545. The number of non-ortho nitro benzene ring substituents is 1. The van der Waals surface area contributed by atoms with Crippen LogP contribution in [0.4, 0.5) is 11.4 Å². The first kappa shape index (κ1) is 14.6. The normalized spacial score (nSPS) is 13.5. The fraction of sp³-hybridized carbons (Fsp3) is 0.0625. The summed E-state index contributed by atoms with van der Waals surface area (Å²) in [6.07, 6.45) is 1.66. The van der Waals surface area contributed by atoms with E-state index in [0.717, 1.165) is 11.6 Å². The third-order valence-electron chi connectivity index (χ3n) is 3.79. The summed E-state index contributed by atoms with van der Waals surface area (Å²) in [7, 11) is 1.56. The van der Waals surface area contributed by atoms with E-state index < -0.39 is 9.85 Å². The third kappa shape index (κ3) is 2.10. The van der Waals surface area contributed by atoms with Gasteiger partial charge >= 0.3 is 0 Å². The maximum Gasteiger partial charge on any atom is 0.284 e. The van der Waals surface area contributed by atoms with Crippen LogP contribution < -0.4 is 0 Å². The molecule has 2 aromatic carbocycles. The lowest BCUT2D eigenvalue weighted by molar-refractivity contribution is -0.393. The van der Waals surface area contributed by atoms with Crippen LogP contribution in [0.15, 0.2) is 41.9 Å². The Labute approximate surface area is 130 Å². The van der Waals surface area contributed by atoms with Crippen molar-refractivity contribution in [1.29, 1.82) is 0 Å². The molecular weight excluding hydrogens is 298 g/mol. The Kier molecular flexibility index (Phi) is 3.25. The van der Waals surface area contributed by atoms with Gasteiger partial charge in [0.2, 0.25) is 0 Å². The molecule has 2 aromatic rings. The summed E-state index contributed by atoms with van der Waals surface area (Å²) in [5, 5.41) is 22.5. The summed E-state index contributed by atoms with van der Waals surface area (Å²) in [4.78, 5) is 25.4. The molecule has 7 nitrogen and oxygen atoms in total. The number of rotatable bonds is 3. The fourth-order valence-corrected chi connectivity index (χ4v) is 2.82. The zero-order valence-electron chi connectivity index (χ0n) is 12.1. The number of benzene rings is 2. The van der Waals surface area contributed by atoms with Crippen LogP contribution in [0.5, 0.6) is 0 Å². The minimum atomic E-state index is -0.640. The van der Waals surface area contributed by atoms with Gasteiger partial charge < -0.3 is 0 Å². The molecule has 0 N–H and O–H groups in total. The molecular formula is C16H11N3O4. The lowest BCUT2D eigenvalue weighted by Crippen LogP contribution is -2.01. The molecule has 3 rings (SSSR count). The topological polar surface area (TPSA) is 98.6 Å². The van der Waals surface area contributed by atoms with Gasteiger partial charge in [-0.2, -0.15) is 0 Å². The van der Waals surface area contributed by atoms with Crippen LogP contribution in [0.3, 0.4) is 0 Å². The molecule has 0 aromatic heterocycles. The summed E-state index contributed by atoms with van der Waals surface area (Å²) < 4.78 is 0. The second-order valence-corrected chi connectivity index (χ2v) is 4.98. The highest BCUT2D eigenvalue weighted by Crippen LogP contribution is 2.45. The minimum absolute atomic E-state index is 0.291. The second-order valence-electron chi connectivity index (χ2n) is 4.98. The van der Waals surface area contributed by atoms with Gasteiger partial charge in [-0.1, -0.05) is 24.8 Å². The van der Waals surface area contributed by atoms with Gasteiger partial charge in [-0.05, 0) is 17.2 Å². The van der Waals surface area contributed by atoms with Gasteiger partial charge in [-0.25, -0.2) is 0 Å². The lowest BCUT2D eigenvalue weighted by Gasteiger charge is -2.02. The van der Waals surface area contributed by atoms with Crippen LogP contribution in [0.2, 0.25) is 0 Å². The van der Waals surface area contributed by atoms with E-state index in [4.69, 9.17) is 0 Å². The van der Waals surface area contributed by atoms with Crippen LogP contribution in [0.25, 0.3) is 17.2 Å². The van der Waals surface area contributed by atoms with Crippen molar-refractivity contribution < 1.29 is 9.85 Å². The van der Waals surface area contributed by atoms with Gasteiger partial charge in [0.05, 0.1) is 27.2 Å². The summed E-state index contributed by atoms with van der Waals surface area (Å²) in [6.45, 7) is 3.70. The zero-order chi connectivity index (χ0) is 16.7. The van der Waals surface area contributed by atoms with E-state index in [-0.39, 0.29) is 11.4 Å². The highest BCUT2D eigenvalue weighted by atomic mass is 16.6. The highest BCUT2D eigenvalue weighted by molar-refractivity contribution is 6.26. The summed E-state index contributed by atoms with van der Waals surface area (Å²) in [6, 6.07) is 7.68. The van der Waals surface area contributed by atoms with E-state index >= 15 is 0 Å². The van der Waals surface area contributed by atoms with Gasteiger partial charge in [-0.3, -0.25) is 25.2 Å². The second kappa shape index (κ2) is 5.13. The Hall–Kier alpha value is -3.35. The van der Waals surface area contributed by atoms with Gasteiger partial charge in [0.25, 0.3) is 11.4 Å². The fourth-order valence-electron chi connectivity index (χ4n) is 2.82. The van der Waals surface area contributed by atoms with Gasteiger partial charge in [0, 0.05) is 24.2 Å². The van der Waals surface area contributed by atoms with Crippen LogP contribution in [0, 0.1) is 20.2 Å². The predicted octanol–water partition coefficient (Wildman–Crippen LogP) is 3.59. The summed E-state index contributed by atoms with van der Waals surface area (Å²) in [5.41, 5.74) is 2.86. The van der Waals surface area contributed by atoms with E-state index in [1.165, 1.54) is 6.07 Å². The molecule has 0 heterocycles. The number of nitro benzene ring substituents is 2. The molecule has 114 valence electrons. The monoisotopic (exact) mass is 309 g/mol. The molecule has 1 aliphatic carbocycles. The molecule has 0 spiro atoms. The molecule has 0 atom stereocenters. The lowest BCUT2D eigenvalue weighted by atomic mass is 10.0. The number of hydrogen-bond donors (Lipinski definition) is 0. The Bertz CT molecular complexity index is 916. The van der Waals surface area contributed by atoms with Crippen LogP contribution in [0.1, 0.15) is 16.7 Å². The SMILES string of the molecule is C=Cc1ccc2c(c1)C(=NC)c1cc([N+](=O)[O-])cc([N+](=O)[O-])c1-2. The van der Waals surface area contributed by atoms with Crippen molar-refractivity contribution in [2.24, 2.45) is 4.99 Å². The molecule has 23 heavy (non-hydrogen) atoms. The van der Waals surface area contributed by atoms with Gasteiger partial charge in [-0.15, -0.1) is 0 Å². The van der Waals surface area contributed by atoms with Crippen LogP contribution >= 0.6 is 0 Å². The molecule has 7 heteroatoms. The van der Waals surface area contributed by atoms with Crippen molar-refractivity contribution in [3.05, 3.63) is 73.8 Å². The predicted molar refractivity (Wildman–Crippen MR) is 86.8 cm³/mol. The molecule has 0 unspecified atom stereocenters. The highest BCUT2D eigenvalue weighted by Gasteiger charge is 2.34. The molecule has 0 amide bonds. The van der Waals surface area contributed by atoms with Crippen molar-refractivity contribution in [2.45, 2.75) is 0 Å². The number of hydrogen-bond acceptors (Lipinski definition) is 5. The minimum Gasteiger partial charge on any atom is -0.287 e.